The highest BCUT2D eigenvalue weighted by Gasteiger charge is 2.19. The molecule has 0 aliphatic rings. The van der Waals surface area contributed by atoms with Gasteiger partial charge in [-0.05, 0) is 45.4 Å². The highest BCUT2D eigenvalue weighted by atomic mass is 16.6. The lowest BCUT2D eigenvalue weighted by molar-refractivity contribution is -0.154. The maximum absolute atomic E-state index is 12.1. The van der Waals surface area contributed by atoms with Crippen LogP contribution in [0.4, 0.5) is 4.79 Å². The Morgan fingerprint density at radius 2 is 1.69 bits per heavy atom. The molecule has 9 nitrogen and oxygen atoms in total. The van der Waals surface area contributed by atoms with Crippen LogP contribution >= 0.6 is 0 Å². The van der Waals surface area contributed by atoms with Gasteiger partial charge in [0.2, 0.25) is 0 Å². The number of ether oxygens (including phenoxy) is 4. The molecule has 1 aromatic carbocycles. The van der Waals surface area contributed by atoms with Gasteiger partial charge in [0.15, 0.2) is 17.6 Å². The van der Waals surface area contributed by atoms with Gasteiger partial charge in [0.05, 0.1) is 20.6 Å². The molecule has 1 rings (SSSR count). The van der Waals surface area contributed by atoms with Crippen molar-refractivity contribution in [2.75, 3.05) is 20.8 Å². The van der Waals surface area contributed by atoms with Crippen LogP contribution in [-0.2, 0) is 25.6 Å². The molecular formula is C20H30N2O7. The third kappa shape index (κ3) is 9.18. The molecule has 0 heterocycles. The van der Waals surface area contributed by atoms with Gasteiger partial charge in [-0.15, -0.1) is 0 Å². The van der Waals surface area contributed by atoms with Crippen LogP contribution in [0.1, 0.15) is 39.7 Å². The Hall–Kier alpha value is -2.97. The number of esters is 1. The van der Waals surface area contributed by atoms with Crippen molar-refractivity contribution in [3.05, 3.63) is 23.8 Å². The van der Waals surface area contributed by atoms with Crippen LogP contribution in [0.15, 0.2) is 18.2 Å². The van der Waals surface area contributed by atoms with E-state index in [1.807, 2.05) is 0 Å². The monoisotopic (exact) mass is 410 g/mol. The predicted molar refractivity (Wildman–Crippen MR) is 106 cm³/mol. The van der Waals surface area contributed by atoms with Crippen LogP contribution in [-0.4, -0.2) is 50.4 Å². The maximum atomic E-state index is 12.1. The Bertz CT molecular complexity index is 713. The summed E-state index contributed by atoms with van der Waals surface area (Å²) in [5.74, 6) is 0.101. The van der Waals surface area contributed by atoms with E-state index >= 15 is 0 Å². The van der Waals surface area contributed by atoms with E-state index in [-0.39, 0.29) is 19.5 Å². The van der Waals surface area contributed by atoms with Gasteiger partial charge < -0.3 is 29.6 Å². The van der Waals surface area contributed by atoms with Crippen molar-refractivity contribution >= 4 is 18.0 Å². The molecule has 0 saturated carbocycles. The maximum Gasteiger partial charge on any atom is 0.407 e. The van der Waals surface area contributed by atoms with Gasteiger partial charge in [0, 0.05) is 13.1 Å². The Balaban J connectivity index is 2.38. The van der Waals surface area contributed by atoms with Gasteiger partial charge in [-0.3, -0.25) is 9.59 Å². The fourth-order valence-electron chi connectivity index (χ4n) is 2.21. The summed E-state index contributed by atoms with van der Waals surface area (Å²) in [5.41, 5.74) is 0.182. The summed E-state index contributed by atoms with van der Waals surface area (Å²) < 4.78 is 20.5. The zero-order valence-electron chi connectivity index (χ0n) is 17.8. The second-order valence-electron chi connectivity index (χ2n) is 7.22. The first kappa shape index (κ1) is 24.1. The number of benzene rings is 1. The number of methoxy groups -OCH3 is 2. The van der Waals surface area contributed by atoms with E-state index < -0.39 is 29.7 Å². The van der Waals surface area contributed by atoms with E-state index in [0.29, 0.717) is 11.5 Å². The van der Waals surface area contributed by atoms with Crippen molar-refractivity contribution in [2.24, 2.45) is 0 Å². The lowest BCUT2D eigenvalue weighted by Gasteiger charge is -2.19. The lowest BCUT2D eigenvalue weighted by atomic mass is 10.2. The zero-order chi connectivity index (χ0) is 22.0. The summed E-state index contributed by atoms with van der Waals surface area (Å²) in [6, 6.07) is 5.28. The van der Waals surface area contributed by atoms with Gasteiger partial charge in [-0.1, -0.05) is 6.07 Å². The zero-order valence-corrected chi connectivity index (χ0v) is 17.8. The molecule has 0 spiro atoms. The molecular weight excluding hydrogens is 380 g/mol. The number of nitrogens with one attached hydrogen (secondary N) is 2. The van der Waals surface area contributed by atoms with Crippen LogP contribution < -0.4 is 20.1 Å². The number of rotatable bonds is 9. The molecule has 1 unspecified atom stereocenters. The normalized spacial score (nSPS) is 11.8. The van der Waals surface area contributed by atoms with E-state index in [4.69, 9.17) is 18.9 Å². The largest absolute Gasteiger partial charge is 0.493 e. The van der Waals surface area contributed by atoms with Crippen LogP contribution in [0.25, 0.3) is 0 Å². The third-order valence-electron chi connectivity index (χ3n) is 3.59. The van der Waals surface area contributed by atoms with Gasteiger partial charge in [-0.2, -0.15) is 0 Å². The number of carbonyl (C=O) groups excluding carboxylic acids is 3. The SMILES string of the molecule is COc1ccc(CNC(=O)C(C)OC(=O)CCNC(=O)OC(C)(C)C)cc1OC. The molecule has 1 atom stereocenters. The summed E-state index contributed by atoms with van der Waals surface area (Å²) in [5, 5.41) is 5.15. The van der Waals surface area contributed by atoms with Crippen molar-refractivity contribution in [2.45, 2.75) is 52.4 Å². The van der Waals surface area contributed by atoms with Crippen molar-refractivity contribution in [3.8, 4) is 11.5 Å². The molecule has 2 N–H and O–H groups in total. The molecule has 0 fully saturated rings. The molecule has 0 aromatic heterocycles. The second kappa shape index (κ2) is 11.1. The topological polar surface area (TPSA) is 112 Å². The predicted octanol–water partition coefficient (Wildman–Crippen LogP) is 2.17. The number of hydrogen-bond acceptors (Lipinski definition) is 7. The Kier molecular flexibility index (Phi) is 9.24. The van der Waals surface area contributed by atoms with Gasteiger partial charge in [0.25, 0.3) is 5.91 Å². The first-order chi connectivity index (χ1) is 13.6. The average Bonchev–Trinajstić information content (AvgIpc) is 2.64. The number of alkyl carbamates (subject to hydrolysis) is 1. The van der Waals surface area contributed by atoms with E-state index in [1.54, 1.807) is 46.1 Å². The fraction of sp³-hybridized carbons (Fsp3) is 0.550. The fourth-order valence-corrected chi connectivity index (χ4v) is 2.21. The molecule has 162 valence electrons. The summed E-state index contributed by atoms with van der Waals surface area (Å²) in [7, 11) is 3.07. The minimum Gasteiger partial charge on any atom is -0.493 e. The standard InChI is InChI=1S/C20H30N2O7/c1-13(28-17(23)9-10-21-19(25)29-20(2,3)4)18(24)22-12-14-7-8-15(26-5)16(11-14)27-6/h7-8,11,13H,9-10,12H2,1-6H3,(H,21,25)(H,22,24). The molecule has 1 aromatic rings. The van der Waals surface area contributed by atoms with Crippen LogP contribution in [0.3, 0.4) is 0 Å². The number of amides is 2. The van der Waals surface area contributed by atoms with Crippen LogP contribution in [0, 0.1) is 0 Å². The second-order valence-corrected chi connectivity index (χ2v) is 7.22. The van der Waals surface area contributed by atoms with E-state index in [9.17, 15) is 14.4 Å². The Morgan fingerprint density at radius 3 is 2.28 bits per heavy atom. The highest BCUT2D eigenvalue weighted by molar-refractivity contribution is 5.83. The van der Waals surface area contributed by atoms with Gasteiger partial charge in [-0.25, -0.2) is 4.79 Å². The van der Waals surface area contributed by atoms with E-state index in [1.165, 1.54) is 14.0 Å². The minimum absolute atomic E-state index is 0.0493. The van der Waals surface area contributed by atoms with Gasteiger partial charge >= 0.3 is 12.1 Å². The average molecular weight is 410 g/mol. The van der Waals surface area contributed by atoms with Crippen molar-refractivity contribution in [1.29, 1.82) is 0 Å². The van der Waals surface area contributed by atoms with Crippen LogP contribution in [0.5, 0.6) is 11.5 Å². The molecule has 0 radical (unpaired) electrons. The minimum atomic E-state index is -0.968. The number of carbonyl (C=O) groups is 3. The first-order valence-corrected chi connectivity index (χ1v) is 9.20. The quantitative estimate of drug-likeness (QED) is 0.600. The molecule has 9 heteroatoms. The van der Waals surface area contributed by atoms with Crippen LogP contribution in [0.2, 0.25) is 0 Å². The summed E-state index contributed by atoms with van der Waals surface area (Å²) in [6.45, 7) is 6.98. The summed E-state index contributed by atoms with van der Waals surface area (Å²) in [4.78, 5) is 35.5. The molecule has 0 bridgehead atoms. The smallest absolute Gasteiger partial charge is 0.407 e. The molecule has 0 aliphatic carbocycles. The van der Waals surface area contributed by atoms with E-state index in [0.717, 1.165) is 5.56 Å². The molecule has 0 saturated heterocycles. The first-order valence-electron chi connectivity index (χ1n) is 9.20. The third-order valence-corrected chi connectivity index (χ3v) is 3.59. The van der Waals surface area contributed by atoms with Crippen molar-refractivity contribution in [1.82, 2.24) is 10.6 Å². The molecule has 29 heavy (non-hydrogen) atoms. The van der Waals surface area contributed by atoms with Crippen molar-refractivity contribution < 1.29 is 33.3 Å². The summed E-state index contributed by atoms with van der Waals surface area (Å²) in [6.07, 6.45) is -1.66. The van der Waals surface area contributed by atoms with Gasteiger partial charge in [0.1, 0.15) is 5.60 Å². The van der Waals surface area contributed by atoms with E-state index in [2.05, 4.69) is 10.6 Å². The Morgan fingerprint density at radius 1 is 1.03 bits per heavy atom. The molecule has 2 amide bonds. The highest BCUT2D eigenvalue weighted by Crippen LogP contribution is 2.27. The lowest BCUT2D eigenvalue weighted by Crippen LogP contribution is -2.37. The van der Waals surface area contributed by atoms with Crippen molar-refractivity contribution in [3.63, 3.8) is 0 Å². The summed E-state index contributed by atoms with van der Waals surface area (Å²) >= 11 is 0. The number of hydrogen-bond donors (Lipinski definition) is 2. The molecule has 0 aliphatic heterocycles. The Labute approximate surface area is 171 Å².